The summed E-state index contributed by atoms with van der Waals surface area (Å²) in [4.78, 5) is 13.4. The number of ether oxygens (including phenoxy) is 6. The number of rotatable bonds is 24. The molecule has 8 heteroatoms. The number of fused-ring (bicyclic) bond motifs is 6. The molecule has 4 aromatic carbocycles. The second-order valence-corrected chi connectivity index (χ2v) is 14.6. The standard InChI is InChI=1S/C44H61ClO7/c1-8-13-18-47-38-24-31-32-25-39(48-19-14-9-2)41(50-21-16-11-4)27-34(32)36-29-43(52-44(46)37(45)23-30(6)7)42(51-22-17-12-5)28-35(36)33(31)26-40(38)49-20-15-10-3/h24-30,37H,8-23H2,1-7H3/t37-/m0/s1. The van der Waals surface area contributed by atoms with Gasteiger partial charge in [-0.1, -0.05) is 80.6 Å². The number of carbonyl (C=O) groups excluding carboxylic acids is 1. The molecule has 0 aliphatic heterocycles. The highest BCUT2D eigenvalue weighted by molar-refractivity contribution is 6.30. The average molecular weight is 737 g/mol. The third kappa shape index (κ3) is 11.0. The molecular weight excluding hydrogens is 676 g/mol. The highest BCUT2D eigenvalue weighted by atomic mass is 35.5. The summed E-state index contributed by atoms with van der Waals surface area (Å²) in [7, 11) is 0. The van der Waals surface area contributed by atoms with E-state index in [0.29, 0.717) is 68.2 Å². The van der Waals surface area contributed by atoms with Crippen molar-refractivity contribution in [1.82, 2.24) is 0 Å². The molecule has 52 heavy (non-hydrogen) atoms. The molecule has 0 unspecified atom stereocenters. The highest BCUT2D eigenvalue weighted by Gasteiger charge is 2.24. The van der Waals surface area contributed by atoms with Gasteiger partial charge in [0.1, 0.15) is 5.38 Å². The van der Waals surface area contributed by atoms with Crippen LogP contribution in [-0.4, -0.2) is 44.4 Å². The van der Waals surface area contributed by atoms with Crippen LogP contribution in [-0.2, 0) is 4.79 Å². The minimum Gasteiger partial charge on any atom is -0.490 e. The smallest absolute Gasteiger partial charge is 0.329 e. The van der Waals surface area contributed by atoms with E-state index in [1.165, 1.54) is 0 Å². The molecule has 0 aliphatic carbocycles. The molecular formula is C44H61ClO7. The number of esters is 1. The fourth-order valence-corrected chi connectivity index (χ4v) is 6.38. The lowest BCUT2D eigenvalue weighted by Crippen LogP contribution is -2.22. The summed E-state index contributed by atoms with van der Waals surface area (Å²) in [6, 6.07) is 12.3. The zero-order valence-electron chi connectivity index (χ0n) is 32.7. The predicted molar refractivity (Wildman–Crippen MR) is 216 cm³/mol. The Labute approximate surface area is 316 Å². The number of hydrogen-bond donors (Lipinski definition) is 0. The van der Waals surface area contributed by atoms with Crippen LogP contribution in [0.4, 0.5) is 0 Å². The Balaban J connectivity index is 2.07. The van der Waals surface area contributed by atoms with E-state index in [0.717, 1.165) is 102 Å². The van der Waals surface area contributed by atoms with Gasteiger partial charge < -0.3 is 28.4 Å². The van der Waals surface area contributed by atoms with Crippen molar-refractivity contribution in [1.29, 1.82) is 0 Å². The number of benzene rings is 4. The topological polar surface area (TPSA) is 72.5 Å². The van der Waals surface area contributed by atoms with Gasteiger partial charge in [-0.2, -0.15) is 0 Å². The van der Waals surface area contributed by atoms with E-state index >= 15 is 0 Å². The second-order valence-electron chi connectivity index (χ2n) is 14.1. The van der Waals surface area contributed by atoms with E-state index in [9.17, 15) is 4.79 Å². The summed E-state index contributed by atoms with van der Waals surface area (Å²) in [6.45, 7) is 17.7. The van der Waals surface area contributed by atoms with E-state index in [4.69, 9.17) is 40.0 Å². The molecule has 7 nitrogen and oxygen atoms in total. The van der Waals surface area contributed by atoms with Crippen molar-refractivity contribution in [2.24, 2.45) is 5.92 Å². The molecule has 0 aromatic heterocycles. The molecule has 4 rings (SSSR count). The van der Waals surface area contributed by atoms with Crippen molar-refractivity contribution in [2.75, 3.05) is 33.0 Å². The lowest BCUT2D eigenvalue weighted by Gasteiger charge is -2.20. The number of hydrogen-bond acceptors (Lipinski definition) is 7. The molecule has 0 N–H and O–H groups in total. The fourth-order valence-electron chi connectivity index (χ4n) is 5.98. The van der Waals surface area contributed by atoms with Crippen molar-refractivity contribution in [2.45, 2.75) is 124 Å². The summed E-state index contributed by atoms with van der Waals surface area (Å²) in [5, 5.41) is 4.95. The molecule has 0 saturated carbocycles. The van der Waals surface area contributed by atoms with Crippen LogP contribution >= 0.6 is 11.6 Å². The number of unbranched alkanes of at least 4 members (excludes halogenated alkanes) is 5. The zero-order valence-corrected chi connectivity index (χ0v) is 33.4. The largest absolute Gasteiger partial charge is 0.490 e. The predicted octanol–water partition coefficient (Wildman–Crippen LogP) is 12.6. The van der Waals surface area contributed by atoms with Crippen molar-refractivity contribution >= 4 is 49.9 Å². The van der Waals surface area contributed by atoms with Gasteiger partial charge in [-0.25, -0.2) is 0 Å². The minimum atomic E-state index is -0.775. The van der Waals surface area contributed by atoms with Crippen LogP contribution in [0.25, 0.3) is 32.3 Å². The fraction of sp³-hybridized carbons (Fsp3) is 0.568. The SMILES string of the molecule is CCCCOc1cc2c3cc(OCCCC)c(OCCCC)cc3c3cc(OC(=O)[C@@H](Cl)CC(C)C)c(OCCCC)cc3c2cc1OCCCC. The van der Waals surface area contributed by atoms with Gasteiger partial charge in [0.25, 0.3) is 0 Å². The van der Waals surface area contributed by atoms with Crippen LogP contribution < -0.4 is 28.4 Å². The average Bonchev–Trinajstić information content (AvgIpc) is 3.12. The summed E-state index contributed by atoms with van der Waals surface area (Å²) in [5.41, 5.74) is 0. The van der Waals surface area contributed by atoms with Gasteiger partial charge in [0, 0.05) is 0 Å². The Morgan fingerprint density at radius 2 is 0.731 bits per heavy atom. The summed E-state index contributed by atoms with van der Waals surface area (Å²) < 4.78 is 38.0. The van der Waals surface area contributed by atoms with E-state index in [-0.39, 0.29) is 5.92 Å². The third-order valence-corrected chi connectivity index (χ3v) is 9.40. The van der Waals surface area contributed by atoms with Gasteiger partial charge in [0.05, 0.1) is 33.0 Å². The van der Waals surface area contributed by atoms with Crippen molar-refractivity contribution in [3.05, 3.63) is 36.4 Å². The Morgan fingerprint density at radius 3 is 0.981 bits per heavy atom. The van der Waals surface area contributed by atoms with Crippen molar-refractivity contribution in [3.63, 3.8) is 0 Å². The highest BCUT2D eigenvalue weighted by Crippen LogP contribution is 2.47. The van der Waals surface area contributed by atoms with Crippen LogP contribution in [0.15, 0.2) is 36.4 Å². The first-order chi connectivity index (χ1) is 25.3. The maximum absolute atomic E-state index is 13.4. The quantitative estimate of drug-likeness (QED) is 0.0233. The molecule has 0 fully saturated rings. The molecule has 4 aromatic rings. The molecule has 1 atom stereocenters. The molecule has 0 heterocycles. The molecule has 0 spiro atoms. The van der Waals surface area contributed by atoms with Crippen LogP contribution in [0.1, 0.15) is 119 Å². The van der Waals surface area contributed by atoms with Crippen molar-refractivity contribution in [3.8, 4) is 34.5 Å². The van der Waals surface area contributed by atoms with Gasteiger partial charge in [-0.05, 0) is 113 Å². The third-order valence-electron chi connectivity index (χ3n) is 9.04. The minimum absolute atomic E-state index is 0.242. The van der Waals surface area contributed by atoms with Crippen LogP contribution in [0.2, 0.25) is 0 Å². The van der Waals surface area contributed by atoms with Crippen molar-refractivity contribution < 1.29 is 33.2 Å². The lowest BCUT2D eigenvalue weighted by molar-refractivity contribution is -0.134. The van der Waals surface area contributed by atoms with Gasteiger partial charge in [-0.15, -0.1) is 11.6 Å². The Bertz CT molecular complexity index is 1690. The molecule has 0 saturated heterocycles. The van der Waals surface area contributed by atoms with E-state index < -0.39 is 11.3 Å². The second kappa shape index (κ2) is 21.2. The maximum atomic E-state index is 13.4. The Kier molecular flexibility index (Phi) is 16.8. The Morgan fingerprint density at radius 1 is 0.481 bits per heavy atom. The number of halogens is 1. The molecule has 0 bridgehead atoms. The first kappa shape index (κ1) is 41.2. The molecule has 0 radical (unpaired) electrons. The first-order valence-corrected chi connectivity index (χ1v) is 20.2. The molecule has 0 aliphatic rings. The van der Waals surface area contributed by atoms with Crippen LogP contribution in [0.5, 0.6) is 34.5 Å². The van der Waals surface area contributed by atoms with Gasteiger partial charge in [-0.3, -0.25) is 4.79 Å². The van der Waals surface area contributed by atoms with Crippen LogP contribution in [0.3, 0.4) is 0 Å². The van der Waals surface area contributed by atoms with Gasteiger partial charge >= 0.3 is 5.97 Å². The summed E-state index contributed by atoms with van der Waals surface area (Å²) in [5.74, 6) is 3.42. The zero-order chi connectivity index (χ0) is 37.5. The summed E-state index contributed by atoms with van der Waals surface area (Å²) >= 11 is 6.56. The van der Waals surface area contributed by atoms with E-state index in [1.807, 2.05) is 26.0 Å². The van der Waals surface area contributed by atoms with Gasteiger partial charge in [0.15, 0.2) is 34.5 Å². The lowest BCUT2D eigenvalue weighted by atomic mass is 9.93. The van der Waals surface area contributed by atoms with E-state index in [1.54, 1.807) is 0 Å². The normalized spacial score (nSPS) is 12.1. The number of alkyl halides is 1. The molecule has 0 amide bonds. The van der Waals surface area contributed by atoms with E-state index in [2.05, 4.69) is 58.9 Å². The van der Waals surface area contributed by atoms with Crippen LogP contribution in [0, 0.1) is 5.92 Å². The number of carbonyl (C=O) groups is 1. The molecule has 286 valence electrons. The summed E-state index contributed by atoms with van der Waals surface area (Å²) in [6.07, 6.45) is 10.2. The first-order valence-electron chi connectivity index (χ1n) is 19.8. The maximum Gasteiger partial charge on any atom is 0.329 e. The Hall–Kier alpha value is -3.58. The monoisotopic (exact) mass is 736 g/mol. The van der Waals surface area contributed by atoms with Gasteiger partial charge in [0.2, 0.25) is 0 Å².